The minimum absolute atomic E-state index is 0.0388. The predicted octanol–water partition coefficient (Wildman–Crippen LogP) is 4.79. The third-order valence-corrected chi connectivity index (χ3v) is 5.35. The fourth-order valence-electron chi connectivity index (χ4n) is 4.13. The van der Waals surface area contributed by atoms with E-state index in [1.54, 1.807) is 18.2 Å². The van der Waals surface area contributed by atoms with E-state index in [0.29, 0.717) is 6.61 Å². The van der Waals surface area contributed by atoms with Crippen LogP contribution in [0.4, 0.5) is 5.69 Å². The molecule has 0 saturated carbocycles. The van der Waals surface area contributed by atoms with E-state index in [2.05, 4.69) is 39.9 Å². The molecule has 1 atom stereocenters. The van der Waals surface area contributed by atoms with E-state index >= 15 is 0 Å². The van der Waals surface area contributed by atoms with E-state index in [4.69, 9.17) is 4.74 Å². The lowest BCUT2D eigenvalue weighted by Crippen LogP contribution is -2.29. The Morgan fingerprint density at radius 3 is 2.79 bits per heavy atom. The molecule has 0 fully saturated rings. The fourth-order valence-corrected chi connectivity index (χ4v) is 4.13. The van der Waals surface area contributed by atoms with Crippen LogP contribution in [0.25, 0.3) is 0 Å². The molecule has 29 heavy (non-hydrogen) atoms. The maximum absolute atomic E-state index is 11.3. The Kier molecular flexibility index (Phi) is 5.62. The molecule has 1 aliphatic heterocycles. The van der Waals surface area contributed by atoms with Crippen LogP contribution in [-0.4, -0.2) is 27.5 Å². The van der Waals surface area contributed by atoms with E-state index in [0.717, 1.165) is 37.4 Å². The molecule has 1 aliphatic rings. The first-order valence-electron chi connectivity index (χ1n) is 10.0. The van der Waals surface area contributed by atoms with Gasteiger partial charge in [-0.25, -0.2) is 0 Å². The van der Waals surface area contributed by atoms with E-state index in [1.807, 2.05) is 25.1 Å². The SMILES string of the molecule is CCOc1cccc(CN2CCCn3cccc3C2c2cccc([N+](=O)[O-])c2)c1. The largest absolute Gasteiger partial charge is 0.494 e. The van der Waals surface area contributed by atoms with Crippen LogP contribution in [0.3, 0.4) is 0 Å². The van der Waals surface area contributed by atoms with Crippen molar-refractivity contribution in [2.24, 2.45) is 0 Å². The van der Waals surface area contributed by atoms with Crippen molar-refractivity contribution in [2.45, 2.75) is 32.5 Å². The summed E-state index contributed by atoms with van der Waals surface area (Å²) in [6.45, 7) is 5.22. The summed E-state index contributed by atoms with van der Waals surface area (Å²) in [7, 11) is 0. The Labute approximate surface area is 170 Å². The molecule has 150 valence electrons. The van der Waals surface area contributed by atoms with Gasteiger partial charge in [0.1, 0.15) is 5.75 Å². The monoisotopic (exact) mass is 391 g/mol. The standard InChI is InChI=1S/C23H25N3O3/c1-2-29-21-10-3-7-18(15-21)17-25-14-6-13-24-12-5-11-22(24)23(25)19-8-4-9-20(16-19)26(27)28/h3-5,7-12,15-16,23H,2,6,13-14,17H2,1H3. The van der Waals surface area contributed by atoms with Gasteiger partial charge in [-0.05, 0) is 48.7 Å². The van der Waals surface area contributed by atoms with Crippen LogP contribution in [-0.2, 0) is 13.1 Å². The number of fused-ring (bicyclic) bond motifs is 1. The van der Waals surface area contributed by atoms with Crippen LogP contribution in [0.5, 0.6) is 5.75 Å². The molecule has 2 heterocycles. The van der Waals surface area contributed by atoms with Gasteiger partial charge in [0.2, 0.25) is 0 Å². The van der Waals surface area contributed by atoms with Gasteiger partial charge in [-0.1, -0.05) is 24.3 Å². The summed E-state index contributed by atoms with van der Waals surface area (Å²) in [6.07, 6.45) is 3.12. The normalized spacial score (nSPS) is 16.8. The average Bonchev–Trinajstić information content (AvgIpc) is 3.10. The zero-order valence-corrected chi connectivity index (χ0v) is 16.5. The van der Waals surface area contributed by atoms with Crippen LogP contribution in [0.15, 0.2) is 66.9 Å². The van der Waals surface area contributed by atoms with Gasteiger partial charge in [-0.2, -0.15) is 0 Å². The maximum Gasteiger partial charge on any atom is 0.269 e. The number of nitro benzene ring substituents is 1. The van der Waals surface area contributed by atoms with Crippen molar-refractivity contribution < 1.29 is 9.66 Å². The average molecular weight is 391 g/mol. The number of aromatic nitrogens is 1. The number of hydrogen-bond acceptors (Lipinski definition) is 4. The lowest BCUT2D eigenvalue weighted by molar-refractivity contribution is -0.384. The van der Waals surface area contributed by atoms with Gasteiger partial charge in [0.25, 0.3) is 5.69 Å². The summed E-state index contributed by atoms with van der Waals surface area (Å²) in [6, 6.07) is 19.3. The predicted molar refractivity (Wildman–Crippen MR) is 112 cm³/mol. The highest BCUT2D eigenvalue weighted by molar-refractivity contribution is 5.39. The van der Waals surface area contributed by atoms with Gasteiger partial charge < -0.3 is 9.30 Å². The smallest absolute Gasteiger partial charge is 0.269 e. The van der Waals surface area contributed by atoms with E-state index < -0.39 is 0 Å². The van der Waals surface area contributed by atoms with Gasteiger partial charge >= 0.3 is 0 Å². The van der Waals surface area contributed by atoms with Gasteiger partial charge in [0.05, 0.1) is 17.6 Å². The second kappa shape index (κ2) is 8.49. The molecule has 1 aromatic heterocycles. The van der Waals surface area contributed by atoms with Crippen molar-refractivity contribution in [3.63, 3.8) is 0 Å². The Bertz CT molecular complexity index is 998. The summed E-state index contributed by atoms with van der Waals surface area (Å²) in [5.74, 6) is 0.870. The quantitative estimate of drug-likeness (QED) is 0.448. The number of rotatable bonds is 6. The summed E-state index contributed by atoms with van der Waals surface area (Å²) in [5.41, 5.74) is 3.42. The molecule has 0 spiro atoms. The number of aryl methyl sites for hydroxylation is 1. The molecule has 2 aromatic carbocycles. The highest BCUT2D eigenvalue weighted by Crippen LogP contribution is 2.34. The van der Waals surface area contributed by atoms with Crippen molar-refractivity contribution in [1.29, 1.82) is 0 Å². The van der Waals surface area contributed by atoms with E-state index in [9.17, 15) is 10.1 Å². The molecule has 6 heteroatoms. The lowest BCUT2D eigenvalue weighted by atomic mass is 10.0. The van der Waals surface area contributed by atoms with Crippen LogP contribution in [0.1, 0.15) is 36.2 Å². The second-order valence-electron chi connectivity index (χ2n) is 7.29. The Morgan fingerprint density at radius 2 is 1.97 bits per heavy atom. The van der Waals surface area contributed by atoms with Crippen LogP contribution < -0.4 is 4.74 Å². The molecule has 0 bridgehead atoms. The molecule has 1 unspecified atom stereocenters. The maximum atomic E-state index is 11.3. The second-order valence-corrected chi connectivity index (χ2v) is 7.29. The number of benzene rings is 2. The van der Waals surface area contributed by atoms with Crippen LogP contribution in [0.2, 0.25) is 0 Å². The molecule has 0 radical (unpaired) electrons. The molecule has 3 aromatic rings. The highest BCUT2D eigenvalue weighted by atomic mass is 16.6. The molecule has 0 saturated heterocycles. The lowest BCUT2D eigenvalue weighted by Gasteiger charge is -2.30. The van der Waals surface area contributed by atoms with E-state index in [-0.39, 0.29) is 16.7 Å². The first-order chi connectivity index (χ1) is 14.2. The molecular formula is C23H25N3O3. The van der Waals surface area contributed by atoms with Gasteiger partial charge in [0.15, 0.2) is 0 Å². The molecule has 0 aliphatic carbocycles. The Morgan fingerprint density at radius 1 is 1.10 bits per heavy atom. The van der Waals surface area contributed by atoms with Crippen LogP contribution in [0, 0.1) is 10.1 Å². The van der Waals surface area contributed by atoms with Gasteiger partial charge in [0, 0.05) is 43.7 Å². The number of non-ortho nitro benzene ring substituents is 1. The zero-order valence-electron chi connectivity index (χ0n) is 16.5. The minimum atomic E-state index is -0.324. The molecular weight excluding hydrogens is 366 g/mol. The number of nitrogens with zero attached hydrogens (tertiary/aromatic N) is 3. The molecule has 4 rings (SSSR count). The first-order valence-corrected chi connectivity index (χ1v) is 10.0. The van der Waals surface area contributed by atoms with Crippen LogP contribution >= 0.6 is 0 Å². The summed E-state index contributed by atoms with van der Waals surface area (Å²) >= 11 is 0. The number of nitro groups is 1. The van der Waals surface area contributed by atoms with Gasteiger partial charge in [-0.15, -0.1) is 0 Å². The summed E-state index contributed by atoms with van der Waals surface area (Å²) in [4.78, 5) is 13.4. The fraction of sp³-hybridized carbons (Fsp3) is 0.304. The Balaban J connectivity index is 1.72. The molecule has 0 N–H and O–H groups in total. The molecule has 6 nitrogen and oxygen atoms in total. The van der Waals surface area contributed by atoms with Gasteiger partial charge in [-0.3, -0.25) is 15.0 Å². The van der Waals surface area contributed by atoms with Crippen molar-refractivity contribution in [3.8, 4) is 5.75 Å². The van der Waals surface area contributed by atoms with Crippen molar-refractivity contribution in [1.82, 2.24) is 9.47 Å². The van der Waals surface area contributed by atoms with E-state index in [1.165, 1.54) is 11.3 Å². The first kappa shape index (κ1) is 19.2. The summed E-state index contributed by atoms with van der Waals surface area (Å²) < 4.78 is 7.92. The zero-order chi connectivity index (χ0) is 20.2. The van der Waals surface area contributed by atoms with Crippen molar-refractivity contribution in [3.05, 3.63) is 93.8 Å². The number of hydrogen-bond donors (Lipinski definition) is 0. The third kappa shape index (κ3) is 4.17. The van der Waals surface area contributed by atoms with Crippen molar-refractivity contribution >= 4 is 5.69 Å². The highest BCUT2D eigenvalue weighted by Gasteiger charge is 2.28. The van der Waals surface area contributed by atoms with Crippen molar-refractivity contribution in [2.75, 3.05) is 13.2 Å². The Hall–Kier alpha value is -3.12. The topological polar surface area (TPSA) is 60.5 Å². The third-order valence-electron chi connectivity index (χ3n) is 5.35. The molecule has 0 amide bonds. The summed E-state index contributed by atoms with van der Waals surface area (Å²) in [5, 5.41) is 11.3. The minimum Gasteiger partial charge on any atom is -0.494 e. The number of ether oxygens (including phenoxy) is 1.